The van der Waals surface area contributed by atoms with Gasteiger partial charge in [-0.2, -0.15) is 5.10 Å². The number of halogens is 2. The molecule has 2 aromatic rings. The van der Waals surface area contributed by atoms with E-state index in [0.717, 1.165) is 10.6 Å². The SMILES string of the molecule is CS(=O)(=O)N(CC(=O)N/N=C\c1cccc(Cl)c1)c1ccc(Cl)cc1. The first-order chi connectivity index (χ1) is 11.8. The van der Waals surface area contributed by atoms with Gasteiger partial charge in [-0.25, -0.2) is 13.8 Å². The van der Waals surface area contributed by atoms with Crippen LogP contribution < -0.4 is 9.73 Å². The number of amides is 1. The molecule has 0 saturated heterocycles. The zero-order valence-corrected chi connectivity index (χ0v) is 15.5. The van der Waals surface area contributed by atoms with Crippen molar-refractivity contribution >= 4 is 51.0 Å². The summed E-state index contributed by atoms with van der Waals surface area (Å²) >= 11 is 11.7. The maximum atomic E-state index is 12.0. The van der Waals surface area contributed by atoms with Crippen molar-refractivity contribution in [3.63, 3.8) is 0 Å². The Morgan fingerprint density at radius 1 is 1.16 bits per heavy atom. The monoisotopic (exact) mass is 399 g/mol. The van der Waals surface area contributed by atoms with Gasteiger partial charge in [0.1, 0.15) is 6.54 Å². The predicted octanol–water partition coefficient (Wildman–Crippen LogP) is 2.91. The van der Waals surface area contributed by atoms with Gasteiger partial charge in [0, 0.05) is 10.0 Å². The third-order valence-electron chi connectivity index (χ3n) is 3.05. The fourth-order valence-electron chi connectivity index (χ4n) is 1.94. The minimum Gasteiger partial charge on any atom is -0.271 e. The molecule has 0 saturated carbocycles. The molecule has 0 aliphatic carbocycles. The molecule has 1 amide bonds. The van der Waals surface area contributed by atoms with Crippen molar-refractivity contribution in [2.24, 2.45) is 5.10 Å². The van der Waals surface area contributed by atoms with Crippen molar-refractivity contribution in [1.82, 2.24) is 5.43 Å². The second-order valence-electron chi connectivity index (χ2n) is 5.09. The quantitative estimate of drug-likeness (QED) is 0.598. The Morgan fingerprint density at radius 3 is 2.44 bits per heavy atom. The molecule has 0 atom stereocenters. The molecular weight excluding hydrogens is 385 g/mol. The van der Waals surface area contributed by atoms with Gasteiger partial charge in [0.15, 0.2) is 0 Å². The summed E-state index contributed by atoms with van der Waals surface area (Å²) in [5, 5.41) is 4.81. The van der Waals surface area contributed by atoms with Crippen LogP contribution in [0.15, 0.2) is 53.6 Å². The molecule has 0 aromatic heterocycles. The molecule has 2 aromatic carbocycles. The fraction of sp³-hybridized carbons (Fsp3) is 0.125. The molecule has 9 heteroatoms. The van der Waals surface area contributed by atoms with E-state index >= 15 is 0 Å². The first-order valence-corrected chi connectivity index (χ1v) is 9.67. The topological polar surface area (TPSA) is 78.8 Å². The lowest BCUT2D eigenvalue weighted by Gasteiger charge is -2.21. The Morgan fingerprint density at radius 2 is 1.84 bits per heavy atom. The summed E-state index contributed by atoms with van der Waals surface area (Å²) in [6, 6.07) is 13.0. The van der Waals surface area contributed by atoms with Crippen LogP contribution in [0.3, 0.4) is 0 Å². The standard InChI is InChI=1S/C16H15Cl2N3O3S/c1-25(23,24)21(15-7-5-13(17)6-8-15)11-16(22)20-19-10-12-3-2-4-14(18)9-12/h2-10H,11H2,1H3,(H,20,22)/b19-10-. The number of carbonyl (C=O) groups excluding carboxylic acids is 1. The van der Waals surface area contributed by atoms with Crippen LogP contribution in [-0.2, 0) is 14.8 Å². The molecule has 0 aliphatic heterocycles. The van der Waals surface area contributed by atoms with Gasteiger partial charge >= 0.3 is 0 Å². The van der Waals surface area contributed by atoms with Crippen LogP contribution >= 0.6 is 23.2 Å². The van der Waals surface area contributed by atoms with Gasteiger partial charge in [-0.05, 0) is 42.0 Å². The van der Waals surface area contributed by atoms with E-state index in [2.05, 4.69) is 10.5 Å². The summed E-state index contributed by atoms with van der Waals surface area (Å²) in [7, 11) is -3.65. The lowest BCUT2D eigenvalue weighted by Crippen LogP contribution is -2.38. The van der Waals surface area contributed by atoms with Crippen LogP contribution in [0.5, 0.6) is 0 Å². The summed E-state index contributed by atoms with van der Waals surface area (Å²) in [4.78, 5) is 12.0. The van der Waals surface area contributed by atoms with E-state index < -0.39 is 22.5 Å². The Hall–Kier alpha value is -2.09. The van der Waals surface area contributed by atoms with Gasteiger partial charge in [-0.1, -0.05) is 35.3 Å². The first-order valence-electron chi connectivity index (χ1n) is 7.06. The van der Waals surface area contributed by atoms with Gasteiger partial charge < -0.3 is 0 Å². The zero-order valence-electron chi connectivity index (χ0n) is 13.2. The van der Waals surface area contributed by atoms with Crippen molar-refractivity contribution < 1.29 is 13.2 Å². The van der Waals surface area contributed by atoms with E-state index in [-0.39, 0.29) is 0 Å². The van der Waals surface area contributed by atoms with E-state index in [0.29, 0.717) is 21.3 Å². The van der Waals surface area contributed by atoms with Crippen molar-refractivity contribution in [2.45, 2.75) is 0 Å². The molecule has 6 nitrogen and oxygen atoms in total. The maximum Gasteiger partial charge on any atom is 0.260 e. The van der Waals surface area contributed by atoms with Crippen LogP contribution in [0.4, 0.5) is 5.69 Å². The van der Waals surface area contributed by atoms with Gasteiger partial charge in [0.2, 0.25) is 10.0 Å². The number of hydrazone groups is 1. The number of anilines is 1. The van der Waals surface area contributed by atoms with Crippen molar-refractivity contribution in [2.75, 3.05) is 17.1 Å². The van der Waals surface area contributed by atoms with Gasteiger partial charge in [0.05, 0.1) is 18.2 Å². The largest absolute Gasteiger partial charge is 0.271 e. The van der Waals surface area contributed by atoms with Crippen molar-refractivity contribution in [3.05, 3.63) is 64.1 Å². The van der Waals surface area contributed by atoms with E-state index in [1.54, 1.807) is 36.4 Å². The molecule has 25 heavy (non-hydrogen) atoms. The summed E-state index contributed by atoms with van der Waals surface area (Å²) in [6.45, 7) is -0.409. The number of rotatable bonds is 6. The van der Waals surface area contributed by atoms with Crippen LogP contribution in [-0.4, -0.2) is 33.3 Å². The van der Waals surface area contributed by atoms with Crippen molar-refractivity contribution in [1.29, 1.82) is 0 Å². The summed E-state index contributed by atoms with van der Waals surface area (Å²) in [6.07, 6.45) is 2.43. The highest BCUT2D eigenvalue weighted by Crippen LogP contribution is 2.20. The molecule has 1 N–H and O–H groups in total. The Kier molecular flexibility index (Phi) is 6.41. The van der Waals surface area contributed by atoms with Crippen LogP contribution in [0.2, 0.25) is 10.0 Å². The highest BCUT2D eigenvalue weighted by molar-refractivity contribution is 7.92. The Balaban J connectivity index is 2.06. The number of benzene rings is 2. The highest BCUT2D eigenvalue weighted by atomic mass is 35.5. The average Bonchev–Trinajstić information content (AvgIpc) is 2.53. The van der Waals surface area contributed by atoms with Crippen LogP contribution in [0.25, 0.3) is 0 Å². The van der Waals surface area contributed by atoms with E-state index in [4.69, 9.17) is 23.2 Å². The highest BCUT2D eigenvalue weighted by Gasteiger charge is 2.20. The lowest BCUT2D eigenvalue weighted by atomic mass is 10.2. The fourth-order valence-corrected chi connectivity index (χ4v) is 3.12. The van der Waals surface area contributed by atoms with Gasteiger partial charge in [-0.15, -0.1) is 0 Å². The molecule has 132 valence electrons. The van der Waals surface area contributed by atoms with Crippen LogP contribution in [0, 0.1) is 0 Å². The molecule has 0 spiro atoms. The number of sulfonamides is 1. The molecule has 0 bridgehead atoms. The first kappa shape index (κ1) is 19.2. The normalized spacial score (nSPS) is 11.5. The molecule has 0 heterocycles. The Labute approximate surface area is 156 Å². The van der Waals surface area contributed by atoms with E-state index in [1.165, 1.54) is 18.3 Å². The second-order valence-corrected chi connectivity index (χ2v) is 7.87. The predicted molar refractivity (Wildman–Crippen MR) is 101 cm³/mol. The second kappa shape index (κ2) is 8.33. The average molecular weight is 400 g/mol. The van der Waals surface area contributed by atoms with E-state index in [9.17, 15) is 13.2 Å². The number of hydrogen-bond donors (Lipinski definition) is 1. The molecule has 0 unspecified atom stereocenters. The molecule has 0 radical (unpaired) electrons. The minimum absolute atomic E-state index is 0.334. The number of nitrogens with zero attached hydrogens (tertiary/aromatic N) is 2. The summed E-state index contributed by atoms with van der Waals surface area (Å²) in [5.41, 5.74) is 3.32. The number of hydrogen-bond acceptors (Lipinski definition) is 4. The maximum absolute atomic E-state index is 12.0. The van der Waals surface area contributed by atoms with Gasteiger partial charge in [0.25, 0.3) is 5.91 Å². The van der Waals surface area contributed by atoms with Crippen molar-refractivity contribution in [3.8, 4) is 0 Å². The third kappa shape index (κ3) is 6.04. The van der Waals surface area contributed by atoms with Crippen LogP contribution in [0.1, 0.15) is 5.56 Å². The smallest absolute Gasteiger partial charge is 0.260 e. The summed E-state index contributed by atoms with van der Waals surface area (Å²) in [5.74, 6) is -0.585. The minimum atomic E-state index is -3.65. The number of nitrogens with one attached hydrogen (secondary N) is 1. The Bertz CT molecular complexity index is 884. The number of carbonyl (C=O) groups is 1. The van der Waals surface area contributed by atoms with E-state index in [1.807, 2.05) is 0 Å². The lowest BCUT2D eigenvalue weighted by molar-refractivity contribution is -0.119. The summed E-state index contributed by atoms with van der Waals surface area (Å²) < 4.78 is 24.9. The third-order valence-corrected chi connectivity index (χ3v) is 4.68. The molecule has 0 aliphatic rings. The molecular formula is C16H15Cl2N3O3S. The molecule has 2 rings (SSSR count). The zero-order chi connectivity index (χ0) is 18.4. The molecule has 0 fully saturated rings. The van der Waals surface area contributed by atoms with Gasteiger partial charge in [-0.3, -0.25) is 9.10 Å².